The normalized spacial score (nSPS) is 11.3. The van der Waals surface area contributed by atoms with Crippen LogP contribution in [0, 0.1) is 40.5 Å². The summed E-state index contributed by atoms with van der Waals surface area (Å²) in [7, 11) is 0. The molecule has 0 atom stereocenters. The minimum absolute atomic E-state index is 0.0835. The van der Waals surface area contributed by atoms with Crippen molar-refractivity contribution >= 4 is 66.4 Å². The highest BCUT2D eigenvalue weighted by Gasteiger charge is 2.26. The van der Waals surface area contributed by atoms with Crippen molar-refractivity contribution in [2.24, 2.45) is 0 Å². The molecule has 0 unspecified atom stereocenters. The molecule has 0 aliphatic heterocycles. The Morgan fingerprint density at radius 3 is 1.20 bits per heavy atom. The molecule has 70 heavy (non-hydrogen) atoms. The first-order valence-corrected chi connectivity index (χ1v) is 21.0. The van der Waals surface area contributed by atoms with Crippen molar-refractivity contribution < 1.29 is 29.2 Å². The van der Waals surface area contributed by atoms with Crippen LogP contribution in [0.25, 0.3) is 77.8 Å². The van der Waals surface area contributed by atoms with Gasteiger partial charge in [-0.2, -0.15) is 0 Å². The molecule has 0 spiro atoms. The van der Waals surface area contributed by atoms with Gasteiger partial charge in [0.15, 0.2) is 0 Å². The van der Waals surface area contributed by atoms with Gasteiger partial charge in [-0.1, -0.05) is 36.4 Å². The Morgan fingerprint density at radius 1 is 0.400 bits per heavy atom. The van der Waals surface area contributed by atoms with Crippen LogP contribution < -0.4 is 9.47 Å². The fourth-order valence-corrected chi connectivity index (χ4v) is 8.51. The van der Waals surface area contributed by atoms with Crippen LogP contribution >= 0.6 is 0 Å². The molecule has 11 rings (SSSR count). The summed E-state index contributed by atoms with van der Waals surface area (Å²) in [6.07, 6.45) is 6.28. The molecule has 6 aromatic carbocycles. The van der Waals surface area contributed by atoms with Crippen LogP contribution in [0.3, 0.4) is 0 Å². The van der Waals surface area contributed by atoms with Crippen molar-refractivity contribution in [1.82, 2.24) is 29.1 Å². The van der Waals surface area contributed by atoms with Gasteiger partial charge >= 0.3 is 11.4 Å². The highest BCUT2D eigenvalue weighted by atomic mass is 16.6. The molecule has 0 fully saturated rings. The lowest BCUT2D eigenvalue weighted by Gasteiger charge is -2.11. The third-order valence-electron chi connectivity index (χ3n) is 11.6. The number of fused-ring (bicyclic) bond motifs is 6. The summed E-state index contributed by atoms with van der Waals surface area (Å²) >= 11 is 0. The van der Waals surface area contributed by atoms with Gasteiger partial charge in [0.2, 0.25) is 11.5 Å². The third kappa shape index (κ3) is 7.40. The number of non-ortho nitro benzene ring substituents is 2. The Labute approximate surface area is 391 Å². The summed E-state index contributed by atoms with van der Waals surface area (Å²) < 4.78 is 16.0. The summed E-state index contributed by atoms with van der Waals surface area (Å²) in [5.74, 6) is 1.31. The van der Waals surface area contributed by atoms with Crippen LogP contribution in [0.15, 0.2) is 170 Å². The Kier molecular flexibility index (Phi) is 10.1. The first-order valence-electron chi connectivity index (χ1n) is 21.0. The number of ether oxygens (including phenoxy) is 2. The number of nitro benzene ring substituents is 4. The molecule has 20 nitrogen and oxygen atoms in total. The highest BCUT2D eigenvalue weighted by Crippen LogP contribution is 2.44. The second kappa shape index (κ2) is 16.7. The Balaban J connectivity index is 0.903. The van der Waals surface area contributed by atoms with E-state index in [2.05, 4.69) is 19.9 Å². The number of nitrogens with zero attached hydrogens (tertiary/aromatic N) is 10. The molecule has 0 aliphatic carbocycles. The van der Waals surface area contributed by atoms with E-state index in [0.29, 0.717) is 77.8 Å². The summed E-state index contributed by atoms with van der Waals surface area (Å²) in [5, 5.41) is 50.1. The lowest BCUT2D eigenvalue weighted by atomic mass is 10.1. The number of hydrogen-bond donors (Lipinski definition) is 0. The van der Waals surface area contributed by atoms with Gasteiger partial charge in [0.1, 0.15) is 23.1 Å². The number of aromatic nitrogens is 6. The highest BCUT2D eigenvalue weighted by molar-refractivity contribution is 6.12. The monoisotopic (exact) mass is 928 g/mol. The fraction of sp³-hybridized carbons (Fsp3) is 0. The largest absolute Gasteiger partial charge is 0.450 e. The van der Waals surface area contributed by atoms with Gasteiger partial charge in [0, 0.05) is 93.6 Å². The van der Waals surface area contributed by atoms with Crippen molar-refractivity contribution in [3.05, 3.63) is 211 Å². The first kappa shape index (κ1) is 42.2. The van der Waals surface area contributed by atoms with Crippen LogP contribution in [0.1, 0.15) is 0 Å². The number of pyridine rings is 2. The van der Waals surface area contributed by atoms with E-state index >= 15 is 0 Å². The lowest BCUT2D eigenvalue weighted by molar-refractivity contribution is -0.385. The second-order valence-electron chi connectivity index (χ2n) is 15.7. The maximum absolute atomic E-state index is 12.5. The maximum Gasteiger partial charge on any atom is 0.312 e. The second-order valence-corrected chi connectivity index (χ2v) is 15.7. The number of hydrogen-bond acceptors (Lipinski definition) is 14. The van der Waals surface area contributed by atoms with E-state index in [1.807, 2.05) is 0 Å². The van der Waals surface area contributed by atoms with E-state index in [1.165, 1.54) is 48.5 Å². The number of rotatable bonds is 12. The molecule has 338 valence electrons. The Morgan fingerprint density at radius 2 is 0.829 bits per heavy atom. The van der Waals surface area contributed by atoms with Gasteiger partial charge < -0.3 is 9.47 Å². The standard InChI is InChI=1S/C50H28N10O10/c61-57(62)31-13-15-41-35(21-31)37-23-45(59(65)66)47(25-43(37)55(41)49-11-1-3-17-51-49)69-33-9-5-7-29(19-33)39-27-54-40(28-53-39)30-8-6-10-34(20-30)70-48-26-44-38(24-46(48)60(67)68)36-22-32(58(63)64)14-16-42(36)56(44)50-12-2-4-18-52-50/h1-28H. The smallest absolute Gasteiger partial charge is 0.312 e. The van der Waals surface area contributed by atoms with E-state index in [1.54, 1.807) is 131 Å². The van der Waals surface area contributed by atoms with Crippen LogP contribution in [0.2, 0.25) is 0 Å². The van der Waals surface area contributed by atoms with Crippen molar-refractivity contribution in [2.75, 3.05) is 0 Å². The zero-order valence-corrected chi connectivity index (χ0v) is 35.7. The average Bonchev–Trinajstić information content (AvgIpc) is 3.87. The zero-order chi connectivity index (χ0) is 48.2. The van der Waals surface area contributed by atoms with Crippen molar-refractivity contribution in [3.63, 3.8) is 0 Å². The zero-order valence-electron chi connectivity index (χ0n) is 35.7. The topological polar surface area (TPSA) is 252 Å². The number of benzene rings is 6. The molecule has 0 radical (unpaired) electrons. The summed E-state index contributed by atoms with van der Waals surface area (Å²) in [6.45, 7) is 0. The van der Waals surface area contributed by atoms with Crippen molar-refractivity contribution in [1.29, 1.82) is 0 Å². The van der Waals surface area contributed by atoms with Crippen LogP contribution in [0.4, 0.5) is 22.7 Å². The van der Waals surface area contributed by atoms with E-state index in [0.717, 1.165) is 0 Å². The molecule has 20 heteroatoms. The predicted molar refractivity (Wildman–Crippen MR) is 257 cm³/mol. The molecule has 0 bridgehead atoms. The maximum atomic E-state index is 12.5. The van der Waals surface area contributed by atoms with Crippen LogP contribution in [-0.2, 0) is 0 Å². The quantitative estimate of drug-likeness (QED) is 0.0816. The van der Waals surface area contributed by atoms with Crippen molar-refractivity contribution in [3.8, 4) is 57.1 Å². The van der Waals surface area contributed by atoms with Gasteiger partial charge in [-0.15, -0.1) is 0 Å². The van der Waals surface area contributed by atoms with Gasteiger partial charge in [-0.25, -0.2) is 9.97 Å². The van der Waals surface area contributed by atoms with Gasteiger partial charge in [-0.05, 0) is 60.7 Å². The summed E-state index contributed by atoms with van der Waals surface area (Å²) in [4.78, 5) is 64.5. The fourth-order valence-electron chi connectivity index (χ4n) is 8.51. The van der Waals surface area contributed by atoms with Gasteiger partial charge in [0.05, 0.1) is 65.5 Å². The van der Waals surface area contributed by atoms with E-state index in [4.69, 9.17) is 9.47 Å². The summed E-state index contributed by atoms with van der Waals surface area (Å²) in [6, 6.07) is 38.4. The molecule has 0 saturated heterocycles. The average molecular weight is 929 g/mol. The molecular weight excluding hydrogens is 901 g/mol. The summed E-state index contributed by atoms with van der Waals surface area (Å²) in [5.41, 5.74) is 3.01. The first-order chi connectivity index (χ1) is 34.0. The SMILES string of the molecule is O=[N+]([O-])c1ccc2c(c1)c1cc([N+](=O)[O-])c(Oc3cccc(-c4cnc(-c5cccc(Oc6cc7c(cc6[N+](=O)[O-])c6cc([N+](=O)[O-])ccc6n7-c6ccccn6)c5)cn4)c3)cc1n2-c1ccccn1. The minimum Gasteiger partial charge on any atom is -0.450 e. The molecule has 0 aliphatic rings. The molecule has 5 heterocycles. The Hall–Kier alpha value is -10.5. The van der Waals surface area contributed by atoms with E-state index in [-0.39, 0.29) is 45.7 Å². The number of nitro groups is 4. The van der Waals surface area contributed by atoms with Crippen molar-refractivity contribution in [2.45, 2.75) is 0 Å². The molecular formula is C50H28N10O10. The van der Waals surface area contributed by atoms with Gasteiger partial charge in [0.25, 0.3) is 11.4 Å². The van der Waals surface area contributed by atoms with E-state index in [9.17, 15) is 40.5 Å². The van der Waals surface area contributed by atoms with E-state index < -0.39 is 19.7 Å². The molecule has 0 N–H and O–H groups in total. The minimum atomic E-state index is -0.579. The predicted octanol–water partition coefficient (Wildman–Crippen LogP) is 12.0. The molecule has 5 aromatic heterocycles. The van der Waals surface area contributed by atoms with Crippen LogP contribution in [0.5, 0.6) is 23.0 Å². The van der Waals surface area contributed by atoms with Crippen LogP contribution in [-0.4, -0.2) is 48.8 Å². The lowest BCUT2D eigenvalue weighted by Crippen LogP contribution is -1.98. The third-order valence-corrected chi connectivity index (χ3v) is 11.6. The molecule has 0 amide bonds. The van der Waals surface area contributed by atoms with Gasteiger partial charge in [-0.3, -0.25) is 59.6 Å². The molecule has 11 aromatic rings. The Bertz CT molecular complexity index is 3720. The molecule has 0 saturated carbocycles.